The van der Waals surface area contributed by atoms with E-state index in [9.17, 15) is 0 Å². The molecule has 0 atom stereocenters. The van der Waals surface area contributed by atoms with Crippen LogP contribution in [0.2, 0.25) is 0 Å². The predicted octanol–water partition coefficient (Wildman–Crippen LogP) is -0.187. The van der Waals surface area contributed by atoms with Crippen LogP contribution in [0.1, 0.15) is 32.6 Å². The molecule has 0 unspecified atom stereocenters. The third-order valence-electron chi connectivity index (χ3n) is 1.10. The van der Waals surface area contributed by atoms with Gasteiger partial charge in [-0.15, -0.1) is 0 Å². The minimum atomic E-state index is -4.92. The fraction of sp³-hybridized carbons (Fsp3) is 1.00. The molecule has 4 N–H and O–H groups in total. The number of quaternary nitrogens is 1. The summed E-state index contributed by atoms with van der Waals surface area (Å²) in [5.41, 5.74) is 3.76. The van der Waals surface area contributed by atoms with Crippen LogP contribution in [0.5, 0.6) is 0 Å². The van der Waals surface area contributed by atoms with E-state index in [-0.39, 0.29) is 0 Å². The first kappa shape index (κ1) is 14.4. The van der Waals surface area contributed by atoms with Crippen LogP contribution in [0.3, 0.4) is 0 Å². The van der Waals surface area contributed by atoms with E-state index in [0.717, 1.165) is 6.54 Å². The second-order valence-corrected chi connectivity index (χ2v) is 3.20. The lowest BCUT2D eigenvalue weighted by atomic mass is 10.2. The summed E-state index contributed by atoms with van der Waals surface area (Å²) in [5.74, 6) is 0. The molecule has 0 aromatic rings. The molecular formula is C6H17NO4S. The van der Waals surface area contributed by atoms with Crippen molar-refractivity contribution >= 4 is 10.4 Å². The highest BCUT2D eigenvalue weighted by atomic mass is 32.3. The van der Waals surface area contributed by atoms with Crippen molar-refractivity contribution < 1.29 is 23.3 Å². The third kappa shape index (κ3) is 52.2. The van der Waals surface area contributed by atoms with Gasteiger partial charge in [-0.25, -0.2) is 8.42 Å². The molecule has 0 aromatic heterocycles. The fourth-order valence-corrected chi connectivity index (χ4v) is 0.604. The highest BCUT2D eigenvalue weighted by Gasteiger charge is 1.82. The molecular weight excluding hydrogens is 182 g/mol. The Hall–Kier alpha value is -0.170. The molecule has 76 valence electrons. The van der Waals surface area contributed by atoms with Gasteiger partial charge in [0, 0.05) is 0 Å². The van der Waals surface area contributed by atoms with Crippen molar-refractivity contribution in [2.24, 2.45) is 0 Å². The van der Waals surface area contributed by atoms with Gasteiger partial charge in [0.25, 0.3) is 0 Å². The average molecular weight is 199 g/mol. The van der Waals surface area contributed by atoms with Gasteiger partial charge in [0.1, 0.15) is 0 Å². The van der Waals surface area contributed by atoms with Crippen LogP contribution in [0.4, 0.5) is 0 Å². The Kier molecular flexibility index (Phi) is 10.7. The average Bonchev–Trinajstić information content (AvgIpc) is 1.85. The van der Waals surface area contributed by atoms with Gasteiger partial charge < -0.3 is 10.3 Å². The molecule has 0 rings (SSSR count). The first-order chi connectivity index (χ1) is 5.41. The van der Waals surface area contributed by atoms with E-state index in [2.05, 4.69) is 12.7 Å². The number of hydrogen-bond acceptors (Lipinski definition) is 3. The highest BCUT2D eigenvalue weighted by Crippen LogP contribution is 1.94. The lowest BCUT2D eigenvalue weighted by Crippen LogP contribution is -2.50. The van der Waals surface area contributed by atoms with Gasteiger partial charge in [-0.1, -0.05) is 19.8 Å². The lowest BCUT2D eigenvalue weighted by Gasteiger charge is -1.89. The molecule has 0 aromatic carbocycles. The van der Waals surface area contributed by atoms with Crippen LogP contribution in [0, 0.1) is 0 Å². The molecule has 0 saturated carbocycles. The predicted molar refractivity (Wildman–Crippen MR) is 44.2 cm³/mol. The van der Waals surface area contributed by atoms with Gasteiger partial charge >= 0.3 is 0 Å². The van der Waals surface area contributed by atoms with Crippen LogP contribution in [0.15, 0.2) is 0 Å². The summed E-state index contributed by atoms with van der Waals surface area (Å²) >= 11 is 0. The summed E-state index contributed by atoms with van der Waals surface area (Å²) in [7, 11) is -4.92. The topological polar surface area (TPSA) is 105 Å². The smallest absolute Gasteiger partial charge is 0.215 e. The van der Waals surface area contributed by atoms with Crippen molar-refractivity contribution in [2.45, 2.75) is 32.6 Å². The zero-order valence-electron chi connectivity index (χ0n) is 7.32. The van der Waals surface area contributed by atoms with Crippen molar-refractivity contribution in [1.82, 2.24) is 0 Å². The number of unbranched alkanes of at least 4 members (excludes halogenated alkanes) is 3. The first-order valence-corrected chi connectivity index (χ1v) is 5.25. The molecule has 0 bridgehead atoms. The zero-order valence-corrected chi connectivity index (χ0v) is 8.14. The highest BCUT2D eigenvalue weighted by molar-refractivity contribution is 7.79. The molecule has 0 aliphatic carbocycles. The van der Waals surface area contributed by atoms with Crippen LogP contribution in [-0.4, -0.2) is 24.1 Å². The number of hydrogen-bond donors (Lipinski definition) is 2. The van der Waals surface area contributed by atoms with Gasteiger partial charge in [0.2, 0.25) is 10.4 Å². The minimum absolute atomic E-state index is 1.11. The normalized spacial score (nSPS) is 10.3. The summed E-state index contributed by atoms with van der Waals surface area (Å²) in [5, 5.41) is 0. The molecule has 6 heteroatoms. The van der Waals surface area contributed by atoms with E-state index in [1.165, 1.54) is 25.7 Å². The Balaban J connectivity index is 0. The largest absolute Gasteiger partial charge is 0.726 e. The maximum Gasteiger partial charge on any atom is 0.215 e. The van der Waals surface area contributed by atoms with Crippen molar-refractivity contribution in [2.75, 3.05) is 6.54 Å². The van der Waals surface area contributed by atoms with Crippen molar-refractivity contribution in [3.05, 3.63) is 0 Å². The molecule has 0 aliphatic heterocycles. The summed E-state index contributed by atoms with van der Waals surface area (Å²) in [4.78, 5) is 0. The van der Waals surface area contributed by atoms with Gasteiger partial charge in [-0.2, -0.15) is 0 Å². The van der Waals surface area contributed by atoms with Crippen LogP contribution in [0.25, 0.3) is 0 Å². The Labute approximate surface area is 73.5 Å². The summed E-state index contributed by atoms with van der Waals surface area (Å²) in [6.45, 7) is 3.34. The molecule has 0 aliphatic rings. The second kappa shape index (κ2) is 8.92. The molecule has 0 heterocycles. The molecule has 0 radical (unpaired) electrons. The van der Waals surface area contributed by atoms with Crippen molar-refractivity contribution in [3.8, 4) is 0 Å². The summed E-state index contributed by atoms with van der Waals surface area (Å²) in [6.07, 6.45) is 5.41. The SMILES string of the molecule is CCCCCC[NH3+].O=S(=O)([O-])O. The fourth-order valence-electron chi connectivity index (χ4n) is 0.604. The van der Waals surface area contributed by atoms with E-state index in [4.69, 9.17) is 17.5 Å². The lowest BCUT2D eigenvalue weighted by molar-refractivity contribution is -0.368. The maximum absolute atomic E-state index is 8.63. The summed E-state index contributed by atoms with van der Waals surface area (Å²) < 4.78 is 32.8. The van der Waals surface area contributed by atoms with Crippen LogP contribution < -0.4 is 5.73 Å². The second-order valence-electron chi connectivity index (χ2n) is 2.34. The maximum atomic E-state index is 8.63. The van der Waals surface area contributed by atoms with Gasteiger partial charge in [0.15, 0.2) is 0 Å². The Morgan fingerprint density at radius 3 is 2.00 bits per heavy atom. The molecule has 5 nitrogen and oxygen atoms in total. The third-order valence-corrected chi connectivity index (χ3v) is 1.10. The quantitative estimate of drug-likeness (QED) is 0.372. The van der Waals surface area contributed by atoms with Gasteiger partial charge in [-0.05, 0) is 12.8 Å². The minimum Gasteiger partial charge on any atom is -0.726 e. The summed E-state index contributed by atoms with van der Waals surface area (Å²) in [6, 6.07) is 0. The molecule has 12 heavy (non-hydrogen) atoms. The molecule has 0 spiro atoms. The zero-order chi connectivity index (χ0) is 10.0. The van der Waals surface area contributed by atoms with Crippen LogP contribution in [-0.2, 0) is 10.4 Å². The van der Waals surface area contributed by atoms with E-state index in [0.29, 0.717) is 0 Å². The Bertz CT molecular complexity index is 154. The van der Waals surface area contributed by atoms with E-state index in [1.807, 2.05) is 0 Å². The monoisotopic (exact) mass is 199 g/mol. The molecule has 0 saturated heterocycles. The van der Waals surface area contributed by atoms with E-state index in [1.54, 1.807) is 0 Å². The number of rotatable bonds is 4. The molecule has 0 amide bonds. The van der Waals surface area contributed by atoms with Crippen molar-refractivity contribution in [3.63, 3.8) is 0 Å². The first-order valence-electron chi connectivity index (χ1n) is 3.89. The van der Waals surface area contributed by atoms with E-state index < -0.39 is 10.4 Å². The van der Waals surface area contributed by atoms with E-state index >= 15 is 0 Å². The Morgan fingerprint density at radius 2 is 1.75 bits per heavy atom. The van der Waals surface area contributed by atoms with Gasteiger partial charge in [0.05, 0.1) is 6.54 Å². The standard InChI is InChI=1S/C6H15N.H2O4S/c1-2-3-4-5-6-7;1-5(2,3)4/h2-7H2,1H3;(H2,1,2,3,4). The van der Waals surface area contributed by atoms with Gasteiger partial charge in [-0.3, -0.25) is 4.55 Å². The Morgan fingerprint density at radius 1 is 1.33 bits per heavy atom. The molecule has 0 fully saturated rings. The van der Waals surface area contributed by atoms with Crippen molar-refractivity contribution in [1.29, 1.82) is 0 Å². The van der Waals surface area contributed by atoms with Crippen LogP contribution >= 0.6 is 0 Å².